The molecule has 2 N–H and O–H groups in total. The smallest absolute Gasteiger partial charge is 0.272 e. The highest BCUT2D eigenvalue weighted by Gasteiger charge is 2.36. The first-order valence-electron chi connectivity index (χ1n) is 6.85. The van der Waals surface area contributed by atoms with Crippen LogP contribution >= 0.6 is 11.3 Å². The fourth-order valence-electron chi connectivity index (χ4n) is 2.76. The Hall–Kier alpha value is -2.60. The van der Waals surface area contributed by atoms with Crippen LogP contribution in [0.15, 0.2) is 41.8 Å². The Labute approximate surface area is 130 Å². The SMILES string of the molecule is COc1cccc([C@H]2NC(=O)c3n[nH]c(-c4cccs4)c32)c1. The van der Waals surface area contributed by atoms with Gasteiger partial charge in [-0.05, 0) is 29.1 Å². The summed E-state index contributed by atoms with van der Waals surface area (Å²) in [6.07, 6.45) is 0. The highest BCUT2D eigenvalue weighted by molar-refractivity contribution is 7.13. The molecule has 1 amide bonds. The molecule has 1 atom stereocenters. The van der Waals surface area contributed by atoms with Crippen molar-refractivity contribution in [2.24, 2.45) is 0 Å². The Balaban J connectivity index is 1.85. The Bertz CT molecular complexity index is 839. The van der Waals surface area contributed by atoms with Crippen LogP contribution in [0.4, 0.5) is 0 Å². The molecule has 2 aromatic heterocycles. The summed E-state index contributed by atoms with van der Waals surface area (Å²) in [4.78, 5) is 13.2. The number of aromatic nitrogens is 2. The molecule has 1 aliphatic heterocycles. The molecule has 1 aliphatic rings. The average molecular weight is 311 g/mol. The molecule has 110 valence electrons. The standard InChI is InChI=1S/C16H13N3O2S/c1-21-10-5-2-4-9(8-10)13-12-14(11-6-3-7-22-11)18-19-15(12)16(20)17-13/h2-8,13H,1H3,(H,17,20)(H,18,19)/t13-/m1/s1. The molecule has 0 fully saturated rings. The fraction of sp³-hybridized carbons (Fsp3) is 0.125. The number of hydrogen-bond acceptors (Lipinski definition) is 4. The number of hydrogen-bond donors (Lipinski definition) is 2. The number of nitrogens with zero attached hydrogens (tertiary/aromatic N) is 1. The van der Waals surface area contributed by atoms with Gasteiger partial charge >= 0.3 is 0 Å². The quantitative estimate of drug-likeness (QED) is 0.781. The number of rotatable bonds is 3. The van der Waals surface area contributed by atoms with Gasteiger partial charge in [0.15, 0.2) is 5.69 Å². The molecule has 4 rings (SSSR count). The summed E-state index contributed by atoms with van der Waals surface area (Å²) in [5.74, 6) is 0.614. The molecule has 3 heterocycles. The molecule has 0 spiro atoms. The van der Waals surface area contributed by atoms with Gasteiger partial charge in [0.2, 0.25) is 0 Å². The normalized spacial score (nSPS) is 16.4. The molecule has 0 saturated carbocycles. The van der Waals surface area contributed by atoms with Gasteiger partial charge in [0.25, 0.3) is 5.91 Å². The largest absolute Gasteiger partial charge is 0.497 e. The predicted molar refractivity (Wildman–Crippen MR) is 84.2 cm³/mol. The highest BCUT2D eigenvalue weighted by Crippen LogP contribution is 2.38. The van der Waals surface area contributed by atoms with Crippen molar-refractivity contribution in [3.63, 3.8) is 0 Å². The van der Waals surface area contributed by atoms with Crippen LogP contribution in [0, 0.1) is 0 Å². The van der Waals surface area contributed by atoms with E-state index in [0.29, 0.717) is 5.69 Å². The second-order valence-corrected chi connectivity index (χ2v) is 5.97. The Kier molecular flexibility index (Phi) is 2.97. The molecular formula is C16H13N3O2S. The van der Waals surface area contributed by atoms with Gasteiger partial charge in [0.1, 0.15) is 5.75 Å². The number of amides is 1. The number of benzene rings is 1. The van der Waals surface area contributed by atoms with Gasteiger partial charge in [0, 0.05) is 5.56 Å². The highest BCUT2D eigenvalue weighted by atomic mass is 32.1. The third-order valence-corrected chi connectivity index (χ3v) is 4.67. The van der Waals surface area contributed by atoms with Gasteiger partial charge in [-0.3, -0.25) is 9.89 Å². The summed E-state index contributed by atoms with van der Waals surface area (Å²) >= 11 is 1.62. The topological polar surface area (TPSA) is 67.0 Å². The maximum atomic E-state index is 12.2. The number of H-pyrrole nitrogens is 1. The first-order chi connectivity index (χ1) is 10.8. The van der Waals surface area contributed by atoms with Crippen molar-refractivity contribution in [2.45, 2.75) is 6.04 Å². The molecular weight excluding hydrogens is 298 g/mol. The lowest BCUT2D eigenvalue weighted by atomic mass is 9.99. The summed E-state index contributed by atoms with van der Waals surface area (Å²) < 4.78 is 5.28. The van der Waals surface area contributed by atoms with E-state index in [0.717, 1.165) is 27.4 Å². The Morgan fingerprint density at radius 2 is 2.18 bits per heavy atom. The number of thiophene rings is 1. The fourth-order valence-corrected chi connectivity index (χ4v) is 3.49. The summed E-state index contributed by atoms with van der Waals surface area (Å²) in [7, 11) is 1.63. The first kappa shape index (κ1) is 13.1. The number of carbonyl (C=O) groups is 1. The zero-order valence-corrected chi connectivity index (χ0v) is 12.6. The van der Waals surface area contributed by atoms with Crippen LogP contribution in [0.1, 0.15) is 27.7 Å². The molecule has 0 bridgehead atoms. The van der Waals surface area contributed by atoms with Crippen LogP contribution in [0.2, 0.25) is 0 Å². The van der Waals surface area contributed by atoms with Crippen molar-refractivity contribution in [2.75, 3.05) is 7.11 Å². The van der Waals surface area contributed by atoms with Crippen molar-refractivity contribution in [1.82, 2.24) is 15.5 Å². The monoisotopic (exact) mass is 311 g/mol. The van der Waals surface area contributed by atoms with Crippen LogP contribution in [0.25, 0.3) is 10.6 Å². The van der Waals surface area contributed by atoms with E-state index in [2.05, 4.69) is 15.5 Å². The van der Waals surface area contributed by atoms with Crippen LogP contribution in [-0.2, 0) is 0 Å². The van der Waals surface area contributed by atoms with Crippen LogP contribution in [-0.4, -0.2) is 23.2 Å². The molecule has 0 aliphatic carbocycles. The number of ether oxygens (including phenoxy) is 1. The third-order valence-electron chi connectivity index (χ3n) is 3.78. The van der Waals surface area contributed by atoms with Gasteiger partial charge in [0.05, 0.1) is 23.7 Å². The number of aromatic amines is 1. The minimum atomic E-state index is -0.214. The minimum Gasteiger partial charge on any atom is -0.497 e. The van der Waals surface area contributed by atoms with Crippen molar-refractivity contribution in [3.8, 4) is 16.3 Å². The number of fused-ring (bicyclic) bond motifs is 1. The van der Waals surface area contributed by atoms with Crippen molar-refractivity contribution >= 4 is 17.2 Å². The van der Waals surface area contributed by atoms with Gasteiger partial charge in [-0.15, -0.1) is 11.3 Å². The van der Waals surface area contributed by atoms with Crippen molar-refractivity contribution in [1.29, 1.82) is 0 Å². The maximum absolute atomic E-state index is 12.2. The summed E-state index contributed by atoms with van der Waals surface area (Å²) in [6.45, 7) is 0. The van der Waals surface area contributed by atoms with E-state index in [1.54, 1.807) is 18.4 Å². The second-order valence-electron chi connectivity index (χ2n) is 5.02. The molecule has 0 saturated heterocycles. The van der Waals surface area contributed by atoms with Gasteiger partial charge < -0.3 is 10.1 Å². The zero-order valence-electron chi connectivity index (χ0n) is 11.8. The van der Waals surface area contributed by atoms with Crippen molar-refractivity contribution < 1.29 is 9.53 Å². The molecule has 0 unspecified atom stereocenters. The van der Waals surface area contributed by atoms with Gasteiger partial charge in [-0.2, -0.15) is 5.10 Å². The number of carbonyl (C=O) groups excluding carboxylic acids is 1. The molecule has 0 radical (unpaired) electrons. The van der Waals surface area contributed by atoms with E-state index in [-0.39, 0.29) is 11.9 Å². The summed E-state index contributed by atoms with van der Waals surface area (Å²) in [5, 5.41) is 12.2. The lowest BCUT2D eigenvalue weighted by molar-refractivity contribution is 0.0955. The van der Waals surface area contributed by atoms with E-state index < -0.39 is 0 Å². The number of nitrogens with one attached hydrogen (secondary N) is 2. The minimum absolute atomic E-state index is 0.151. The predicted octanol–water partition coefficient (Wildman–Crippen LogP) is 2.98. The summed E-state index contributed by atoms with van der Waals surface area (Å²) in [6, 6.07) is 11.5. The Morgan fingerprint density at radius 3 is 2.95 bits per heavy atom. The van der Waals surface area contributed by atoms with E-state index in [1.807, 2.05) is 41.8 Å². The van der Waals surface area contributed by atoms with Crippen LogP contribution in [0.5, 0.6) is 5.75 Å². The van der Waals surface area contributed by atoms with E-state index in [9.17, 15) is 4.79 Å². The van der Waals surface area contributed by atoms with Crippen molar-refractivity contribution in [3.05, 3.63) is 58.6 Å². The molecule has 1 aromatic carbocycles. The maximum Gasteiger partial charge on any atom is 0.272 e. The molecule has 6 heteroatoms. The lowest BCUT2D eigenvalue weighted by Gasteiger charge is -2.14. The van der Waals surface area contributed by atoms with Gasteiger partial charge in [-0.25, -0.2) is 0 Å². The lowest BCUT2D eigenvalue weighted by Crippen LogP contribution is -2.21. The molecule has 3 aromatic rings. The second kappa shape index (κ2) is 4.99. The Morgan fingerprint density at radius 1 is 1.27 bits per heavy atom. The number of methoxy groups -OCH3 is 1. The van der Waals surface area contributed by atoms with E-state index >= 15 is 0 Å². The average Bonchev–Trinajstić information content (AvgIpc) is 3.25. The van der Waals surface area contributed by atoms with Gasteiger partial charge in [-0.1, -0.05) is 18.2 Å². The van der Waals surface area contributed by atoms with Crippen LogP contribution < -0.4 is 10.1 Å². The zero-order chi connectivity index (χ0) is 15.1. The van der Waals surface area contributed by atoms with Crippen LogP contribution in [0.3, 0.4) is 0 Å². The molecule has 22 heavy (non-hydrogen) atoms. The summed E-state index contributed by atoms with van der Waals surface area (Å²) in [5.41, 5.74) is 3.25. The third kappa shape index (κ3) is 1.92. The van der Waals surface area contributed by atoms with E-state index in [1.165, 1.54) is 0 Å². The van der Waals surface area contributed by atoms with E-state index in [4.69, 9.17) is 4.74 Å². The first-order valence-corrected chi connectivity index (χ1v) is 7.73. The molecule has 5 nitrogen and oxygen atoms in total.